The molecule has 1 heterocycles. The van der Waals surface area contributed by atoms with Crippen molar-refractivity contribution in [1.29, 1.82) is 0 Å². The van der Waals surface area contributed by atoms with Gasteiger partial charge in [0.1, 0.15) is 0 Å². The van der Waals surface area contributed by atoms with Crippen LogP contribution in [0.5, 0.6) is 0 Å². The summed E-state index contributed by atoms with van der Waals surface area (Å²) in [6, 6.07) is 7.46. The molecule has 0 aliphatic carbocycles. The molecule has 0 atom stereocenters. The molecule has 0 radical (unpaired) electrons. The lowest BCUT2D eigenvalue weighted by molar-refractivity contribution is 0.0696. The first-order valence-corrected chi connectivity index (χ1v) is 9.35. The van der Waals surface area contributed by atoms with Crippen molar-refractivity contribution in [3.05, 3.63) is 49.0 Å². The van der Waals surface area contributed by atoms with Gasteiger partial charge in [0, 0.05) is 9.35 Å². The van der Waals surface area contributed by atoms with E-state index in [2.05, 4.69) is 31.9 Å². The van der Waals surface area contributed by atoms with E-state index in [-0.39, 0.29) is 16.2 Å². The van der Waals surface area contributed by atoms with Gasteiger partial charge in [-0.05, 0) is 62.2 Å². The van der Waals surface area contributed by atoms with Crippen molar-refractivity contribution in [3.8, 4) is 0 Å². The van der Waals surface area contributed by atoms with Gasteiger partial charge in [-0.1, -0.05) is 0 Å². The zero-order valence-electron chi connectivity index (χ0n) is 9.84. The third-order valence-corrected chi connectivity index (χ3v) is 6.93. The number of rotatable bonds is 4. The maximum atomic E-state index is 12.4. The van der Waals surface area contributed by atoms with Crippen LogP contribution >= 0.6 is 43.2 Å². The van der Waals surface area contributed by atoms with E-state index < -0.39 is 15.8 Å². The second-order valence-corrected chi connectivity index (χ2v) is 9.28. The Balaban J connectivity index is 2.43. The first kappa shape index (κ1) is 15.7. The summed E-state index contributed by atoms with van der Waals surface area (Å²) in [6.07, 6.45) is 0. The number of carboxylic acid groups (broad SMARTS) is 1. The molecule has 0 amide bonds. The molecule has 0 spiro atoms. The molecule has 1 aromatic carbocycles. The van der Waals surface area contributed by atoms with Gasteiger partial charge in [-0.3, -0.25) is 0 Å². The van der Waals surface area contributed by atoms with Crippen molar-refractivity contribution in [2.45, 2.75) is 10.6 Å². The molecule has 20 heavy (non-hydrogen) atoms. The minimum absolute atomic E-state index is 0.0121. The average Bonchev–Trinajstić information content (AvgIpc) is 2.73. The first-order valence-electron chi connectivity index (χ1n) is 5.29. The Kier molecular flexibility index (Phi) is 4.68. The molecule has 4 nitrogen and oxygen atoms in total. The molecule has 0 aliphatic heterocycles. The Bertz CT molecular complexity index is 766. The van der Waals surface area contributed by atoms with E-state index in [4.69, 9.17) is 5.11 Å². The standard InChI is InChI=1S/C12H8Br2O4S2/c13-9-3-1-7(12(15)16)5-10(9)20(17,18)6-8-2-4-11(14)19-8/h1-5H,6H2,(H,15,16). The van der Waals surface area contributed by atoms with Crippen molar-refractivity contribution in [3.63, 3.8) is 0 Å². The molecule has 0 fully saturated rings. The van der Waals surface area contributed by atoms with Gasteiger partial charge in [0.05, 0.1) is 20.0 Å². The molecule has 0 saturated heterocycles. The fourth-order valence-electron chi connectivity index (χ4n) is 1.57. The normalized spacial score (nSPS) is 11.5. The van der Waals surface area contributed by atoms with Crippen LogP contribution in [-0.2, 0) is 15.6 Å². The van der Waals surface area contributed by atoms with Gasteiger partial charge in [0.25, 0.3) is 0 Å². The molecule has 2 rings (SSSR count). The fourth-order valence-corrected chi connectivity index (χ4v) is 5.83. The molecule has 106 valence electrons. The summed E-state index contributed by atoms with van der Waals surface area (Å²) >= 11 is 7.77. The highest BCUT2D eigenvalue weighted by molar-refractivity contribution is 9.11. The Morgan fingerprint density at radius 1 is 1.20 bits per heavy atom. The monoisotopic (exact) mass is 438 g/mol. The second kappa shape index (κ2) is 5.97. The van der Waals surface area contributed by atoms with Crippen LogP contribution in [0.1, 0.15) is 15.2 Å². The van der Waals surface area contributed by atoms with Gasteiger partial charge in [-0.2, -0.15) is 0 Å². The van der Waals surface area contributed by atoms with Gasteiger partial charge in [0.2, 0.25) is 0 Å². The predicted molar refractivity (Wildman–Crippen MR) is 84.0 cm³/mol. The van der Waals surface area contributed by atoms with E-state index in [9.17, 15) is 13.2 Å². The van der Waals surface area contributed by atoms with Crippen molar-refractivity contribution in [2.24, 2.45) is 0 Å². The van der Waals surface area contributed by atoms with Crippen LogP contribution in [0.25, 0.3) is 0 Å². The van der Waals surface area contributed by atoms with E-state index in [0.29, 0.717) is 9.35 Å². The van der Waals surface area contributed by atoms with Crippen molar-refractivity contribution in [2.75, 3.05) is 0 Å². The lowest BCUT2D eigenvalue weighted by Gasteiger charge is -2.07. The number of thiophene rings is 1. The van der Waals surface area contributed by atoms with Crippen molar-refractivity contribution < 1.29 is 18.3 Å². The largest absolute Gasteiger partial charge is 0.478 e. The van der Waals surface area contributed by atoms with Crippen LogP contribution in [0.15, 0.2) is 43.5 Å². The lowest BCUT2D eigenvalue weighted by Crippen LogP contribution is -2.07. The Morgan fingerprint density at radius 2 is 1.90 bits per heavy atom. The average molecular weight is 440 g/mol. The van der Waals surface area contributed by atoms with Gasteiger partial charge in [-0.25, -0.2) is 13.2 Å². The minimum atomic E-state index is -3.61. The van der Waals surface area contributed by atoms with E-state index in [1.807, 2.05) is 0 Å². The van der Waals surface area contributed by atoms with Crippen LogP contribution in [0.2, 0.25) is 0 Å². The minimum Gasteiger partial charge on any atom is -0.478 e. The van der Waals surface area contributed by atoms with Gasteiger partial charge in [-0.15, -0.1) is 11.3 Å². The third kappa shape index (κ3) is 3.49. The molecule has 0 bridgehead atoms. The van der Waals surface area contributed by atoms with Crippen LogP contribution in [-0.4, -0.2) is 19.5 Å². The van der Waals surface area contributed by atoms with Gasteiger partial charge < -0.3 is 5.11 Å². The SMILES string of the molecule is O=C(O)c1ccc(Br)c(S(=O)(=O)Cc2ccc(Br)s2)c1. The smallest absolute Gasteiger partial charge is 0.335 e. The summed E-state index contributed by atoms with van der Waals surface area (Å²) < 4.78 is 26.0. The highest BCUT2D eigenvalue weighted by Gasteiger charge is 2.21. The van der Waals surface area contributed by atoms with E-state index in [1.54, 1.807) is 12.1 Å². The summed E-state index contributed by atoms with van der Waals surface area (Å²) in [5.74, 6) is -1.32. The van der Waals surface area contributed by atoms with E-state index in [1.165, 1.54) is 29.5 Å². The molecular weight excluding hydrogens is 432 g/mol. The van der Waals surface area contributed by atoms with Crippen LogP contribution < -0.4 is 0 Å². The third-order valence-electron chi connectivity index (χ3n) is 2.47. The number of benzene rings is 1. The predicted octanol–water partition coefficient (Wildman–Crippen LogP) is 3.95. The molecular formula is C12H8Br2O4S2. The lowest BCUT2D eigenvalue weighted by atomic mass is 10.2. The van der Waals surface area contributed by atoms with Crippen LogP contribution in [0.3, 0.4) is 0 Å². The summed E-state index contributed by atoms with van der Waals surface area (Å²) in [5, 5.41) is 8.94. The van der Waals surface area contributed by atoms with E-state index >= 15 is 0 Å². The molecule has 0 aliphatic rings. The first-order chi connectivity index (χ1) is 9.29. The number of hydrogen-bond acceptors (Lipinski definition) is 4. The molecule has 8 heteroatoms. The summed E-state index contributed by atoms with van der Waals surface area (Å²) in [7, 11) is -3.61. The molecule has 0 unspecified atom stereocenters. The highest BCUT2D eigenvalue weighted by Crippen LogP contribution is 2.29. The van der Waals surface area contributed by atoms with Crippen molar-refractivity contribution in [1.82, 2.24) is 0 Å². The molecule has 2 aromatic rings. The number of halogens is 2. The van der Waals surface area contributed by atoms with Crippen LogP contribution in [0, 0.1) is 0 Å². The zero-order valence-corrected chi connectivity index (χ0v) is 14.6. The second-order valence-electron chi connectivity index (χ2n) is 3.92. The Morgan fingerprint density at radius 3 is 2.45 bits per heavy atom. The summed E-state index contributed by atoms with van der Waals surface area (Å²) in [6.45, 7) is 0. The maximum absolute atomic E-state index is 12.4. The quantitative estimate of drug-likeness (QED) is 0.782. The number of aromatic carboxylic acids is 1. The molecule has 1 aromatic heterocycles. The number of hydrogen-bond donors (Lipinski definition) is 1. The topological polar surface area (TPSA) is 71.4 Å². The van der Waals surface area contributed by atoms with Crippen molar-refractivity contribution >= 4 is 59.0 Å². The van der Waals surface area contributed by atoms with Gasteiger partial charge >= 0.3 is 5.97 Å². The van der Waals surface area contributed by atoms with Gasteiger partial charge in [0.15, 0.2) is 9.84 Å². The summed E-state index contributed by atoms with van der Waals surface area (Å²) in [5.41, 5.74) is -0.0564. The Labute approximate surface area is 136 Å². The molecule has 1 N–H and O–H groups in total. The number of carbonyl (C=O) groups is 1. The van der Waals surface area contributed by atoms with E-state index in [0.717, 1.165) is 3.79 Å². The number of sulfone groups is 1. The zero-order chi connectivity index (χ0) is 14.9. The maximum Gasteiger partial charge on any atom is 0.335 e. The molecule has 0 saturated carbocycles. The summed E-state index contributed by atoms with van der Waals surface area (Å²) in [4.78, 5) is 11.6. The van der Waals surface area contributed by atoms with Crippen LogP contribution in [0.4, 0.5) is 0 Å². The number of carboxylic acids is 1. The Hall–Kier alpha value is -0.700. The fraction of sp³-hybridized carbons (Fsp3) is 0.0833. The highest BCUT2D eigenvalue weighted by atomic mass is 79.9.